The van der Waals surface area contributed by atoms with E-state index >= 15 is 0 Å². The minimum atomic E-state index is -0.569. The highest BCUT2D eigenvalue weighted by Gasteiger charge is 2.18. The second-order valence-electron chi connectivity index (χ2n) is 6.07. The van der Waals surface area contributed by atoms with Gasteiger partial charge in [0.2, 0.25) is 0 Å². The third-order valence-electron chi connectivity index (χ3n) is 4.19. The molecule has 3 rings (SSSR count). The highest BCUT2D eigenvalue weighted by molar-refractivity contribution is 7.99. The Bertz CT molecular complexity index is 740. The van der Waals surface area contributed by atoms with Crippen LogP contribution in [0, 0.1) is 0 Å². The Morgan fingerprint density at radius 2 is 2.04 bits per heavy atom. The first-order valence-electron chi connectivity index (χ1n) is 8.16. The number of likely N-dealkylation sites (N-methyl/N-ethyl adjacent to an activating group) is 1. The zero-order valence-corrected chi connectivity index (χ0v) is 15.0. The van der Waals surface area contributed by atoms with Gasteiger partial charge in [-0.3, -0.25) is 0 Å². The van der Waals surface area contributed by atoms with E-state index in [-0.39, 0.29) is 6.61 Å². The zero-order chi connectivity index (χ0) is 17.8. The average Bonchev–Trinajstić information content (AvgIpc) is 3.03. The molecule has 0 spiro atoms. The maximum Gasteiger partial charge on any atom is 0.316 e. The van der Waals surface area contributed by atoms with Crippen molar-refractivity contribution in [2.75, 3.05) is 43.4 Å². The van der Waals surface area contributed by atoms with Crippen molar-refractivity contribution in [3.63, 3.8) is 0 Å². The number of amides is 2. The molecule has 7 nitrogen and oxygen atoms in total. The van der Waals surface area contributed by atoms with Gasteiger partial charge < -0.3 is 30.9 Å². The normalized spacial score (nSPS) is 15.4. The molecule has 1 aromatic heterocycles. The Kier molecular flexibility index (Phi) is 5.52. The quantitative estimate of drug-likeness (QED) is 0.652. The van der Waals surface area contributed by atoms with Gasteiger partial charge in [-0.2, -0.15) is 0 Å². The number of carbonyl (C=O) groups is 1. The molecule has 2 heterocycles. The fraction of sp³-hybridized carbons (Fsp3) is 0.353. The second-order valence-corrected chi connectivity index (χ2v) is 7.18. The Morgan fingerprint density at radius 1 is 1.28 bits per heavy atom. The van der Waals surface area contributed by atoms with Crippen LogP contribution in [0.1, 0.15) is 5.69 Å². The molecule has 1 saturated heterocycles. The number of benzene rings is 1. The lowest BCUT2D eigenvalue weighted by atomic mass is 10.2. The predicted octanol–water partition coefficient (Wildman–Crippen LogP) is 1.90. The summed E-state index contributed by atoms with van der Waals surface area (Å²) < 4.78 is 0. The number of carbonyl (C=O) groups excluding carboxylic acids is 1. The van der Waals surface area contributed by atoms with Crippen molar-refractivity contribution < 1.29 is 9.90 Å². The van der Waals surface area contributed by atoms with Crippen LogP contribution in [0.25, 0.3) is 0 Å². The molecule has 25 heavy (non-hydrogen) atoms. The summed E-state index contributed by atoms with van der Waals surface area (Å²) in [6, 6.07) is 9.19. The number of aromatic amines is 1. The minimum Gasteiger partial charge on any atom is -0.390 e. The van der Waals surface area contributed by atoms with Crippen LogP contribution in [-0.2, 0) is 6.61 Å². The summed E-state index contributed by atoms with van der Waals surface area (Å²) in [5.74, 6) is 0. The molecule has 1 fully saturated rings. The molecule has 0 radical (unpaired) electrons. The largest absolute Gasteiger partial charge is 0.390 e. The number of primary amides is 1. The SMILES string of the molecule is CN1CCN(c2ccc(Sc3ccc(CO)[nH]3)cc2NC(N)=O)CC1. The summed E-state index contributed by atoms with van der Waals surface area (Å²) in [6.07, 6.45) is 0. The van der Waals surface area contributed by atoms with Crippen LogP contribution in [0.4, 0.5) is 16.2 Å². The first-order valence-corrected chi connectivity index (χ1v) is 8.97. The highest BCUT2D eigenvalue weighted by Crippen LogP contribution is 2.34. The van der Waals surface area contributed by atoms with Crippen LogP contribution in [0.15, 0.2) is 40.3 Å². The minimum absolute atomic E-state index is 0.0165. The molecule has 0 unspecified atom stereocenters. The summed E-state index contributed by atoms with van der Waals surface area (Å²) in [7, 11) is 2.11. The summed E-state index contributed by atoms with van der Waals surface area (Å²) in [6.45, 7) is 3.77. The number of urea groups is 1. The summed E-state index contributed by atoms with van der Waals surface area (Å²) in [5.41, 5.74) is 7.83. The van der Waals surface area contributed by atoms with Gasteiger partial charge in [-0.1, -0.05) is 11.8 Å². The highest BCUT2D eigenvalue weighted by atomic mass is 32.2. The first kappa shape index (κ1) is 17.7. The summed E-state index contributed by atoms with van der Waals surface area (Å²) in [4.78, 5) is 20.1. The number of aromatic nitrogens is 1. The van der Waals surface area contributed by atoms with Gasteiger partial charge in [-0.25, -0.2) is 4.79 Å². The lowest BCUT2D eigenvalue weighted by Gasteiger charge is -2.35. The third-order valence-corrected chi connectivity index (χ3v) is 5.14. The summed E-state index contributed by atoms with van der Waals surface area (Å²) in [5, 5.41) is 12.8. The van der Waals surface area contributed by atoms with Gasteiger partial charge in [0.15, 0.2) is 0 Å². The number of H-pyrrole nitrogens is 1. The predicted molar refractivity (Wildman–Crippen MR) is 100 cm³/mol. The van der Waals surface area contributed by atoms with Crippen LogP contribution >= 0.6 is 11.8 Å². The molecule has 2 aromatic rings. The summed E-state index contributed by atoms with van der Waals surface area (Å²) >= 11 is 1.54. The second kappa shape index (κ2) is 7.81. The van der Waals surface area contributed by atoms with E-state index in [0.29, 0.717) is 0 Å². The van der Waals surface area contributed by atoms with Crippen molar-refractivity contribution in [1.29, 1.82) is 0 Å². The Labute approximate surface area is 151 Å². The van der Waals surface area contributed by atoms with E-state index in [4.69, 9.17) is 10.8 Å². The number of nitrogens with zero attached hydrogens (tertiary/aromatic N) is 2. The molecule has 0 bridgehead atoms. The van der Waals surface area contributed by atoms with Crippen molar-refractivity contribution in [2.45, 2.75) is 16.5 Å². The lowest BCUT2D eigenvalue weighted by Crippen LogP contribution is -2.44. The van der Waals surface area contributed by atoms with Gasteiger partial charge in [0.25, 0.3) is 0 Å². The number of nitrogens with two attached hydrogens (primary N) is 1. The standard InChI is InChI=1S/C17H23N5O2S/c1-21-6-8-22(9-7-21)15-4-3-13(10-14(15)20-17(18)24)25-16-5-2-12(11-23)19-16/h2-5,10,19,23H,6-9,11H2,1H3,(H3,18,20,24). The van der Waals surface area contributed by atoms with E-state index < -0.39 is 6.03 Å². The van der Waals surface area contributed by atoms with Crippen molar-refractivity contribution in [2.24, 2.45) is 5.73 Å². The molecule has 1 aromatic carbocycles. The van der Waals surface area contributed by atoms with Crippen LogP contribution in [-0.4, -0.2) is 54.2 Å². The molecule has 5 N–H and O–H groups in total. The molecule has 0 aliphatic carbocycles. The van der Waals surface area contributed by atoms with Gasteiger partial charge in [-0.15, -0.1) is 0 Å². The smallest absolute Gasteiger partial charge is 0.316 e. The van der Waals surface area contributed by atoms with E-state index in [1.54, 1.807) is 0 Å². The Morgan fingerprint density at radius 3 is 2.68 bits per heavy atom. The molecule has 134 valence electrons. The van der Waals surface area contributed by atoms with Crippen molar-refractivity contribution >= 4 is 29.2 Å². The number of anilines is 2. The van der Waals surface area contributed by atoms with Gasteiger partial charge in [0.1, 0.15) is 0 Å². The number of aliphatic hydroxyl groups is 1. The molecule has 1 aliphatic heterocycles. The number of aliphatic hydroxyl groups excluding tert-OH is 1. The van der Waals surface area contributed by atoms with Crippen molar-refractivity contribution in [1.82, 2.24) is 9.88 Å². The van der Waals surface area contributed by atoms with E-state index in [2.05, 4.69) is 27.1 Å². The van der Waals surface area contributed by atoms with Gasteiger partial charge in [-0.05, 0) is 37.4 Å². The molecular weight excluding hydrogens is 338 g/mol. The average molecular weight is 361 g/mol. The fourth-order valence-corrected chi connectivity index (χ4v) is 3.72. The molecular formula is C17H23N5O2S. The van der Waals surface area contributed by atoms with Crippen LogP contribution < -0.4 is 16.0 Å². The maximum atomic E-state index is 11.4. The van der Waals surface area contributed by atoms with E-state index in [0.717, 1.165) is 53.2 Å². The van der Waals surface area contributed by atoms with Gasteiger partial charge in [0, 0.05) is 36.8 Å². The Balaban J connectivity index is 1.82. The Hall–Kier alpha value is -2.16. The molecule has 1 aliphatic rings. The van der Waals surface area contributed by atoms with E-state index in [1.165, 1.54) is 11.8 Å². The third kappa shape index (κ3) is 4.47. The number of hydrogen-bond acceptors (Lipinski definition) is 5. The van der Waals surface area contributed by atoms with Crippen molar-refractivity contribution in [3.8, 4) is 0 Å². The lowest BCUT2D eigenvalue weighted by molar-refractivity contribution is 0.259. The van der Waals surface area contributed by atoms with Crippen LogP contribution in [0.3, 0.4) is 0 Å². The zero-order valence-electron chi connectivity index (χ0n) is 14.2. The molecule has 8 heteroatoms. The molecule has 2 amide bonds. The van der Waals surface area contributed by atoms with Gasteiger partial charge in [0.05, 0.1) is 23.0 Å². The van der Waals surface area contributed by atoms with Crippen LogP contribution in [0.2, 0.25) is 0 Å². The van der Waals surface area contributed by atoms with Gasteiger partial charge >= 0.3 is 6.03 Å². The fourth-order valence-electron chi connectivity index (χ4n) is 2.83. The van der Waals surface area contributed by atoms with E-state index in [1.807, 2.05) is 30.3 Å². The van der Waals surface area contributed by atoms with Crippen LogP contribution in [0.5, 0.6) is 0 Å². The number of piperazine rings is 1. The van der Waals surface area contributed by atoms with Crippen molar-refractivity contribution in [3.05, 3.63) is 36.0 Å². The van der Waals surface area contributed by atoms with E-state index in [9.17, 15) is 4.79 Å². The first-order chi connectivity index (χ1) is 12.0. The maximum absolute atomic E-state index is 11.4. The molecule has 0 saturated carbocycles. The topological polar surface area (TPSA) is 97.6 Å². The number of nitrogens with one attached hydrogen (secondary N) is 2. The molecule has 0 atom stereocenters. The number of hydrogen-bond donors (Lipinski definition) is 4. The number of rotatable bonds is 5. The monoisotopic (exact) mass is 361 g/mol.